The number of aliphatic hydroxyl groups is 1. The molecule has 1 aromatic heterocycles. The van der Waals surface area contributed by atoms with E-state index in [0.29, 0.717) is 23.0 Å². The Labute approximate surface area is 187 Å². The van der Waals surface area contributed by atoms with E-state index >= 15 is 0 Å². The maximum absolute atomic E-state index is 14.5. The summed E-state index contributed by atoms with van der Waals surface area (Å²) in [4.78, 5) is 11.0. The lowest BCUT2D eigenvalue weighted by Gasteiger charge is -2.47. The highest BCUT2D eigenvalue weighted by atomic mass is 19.1. The van der Waals surface area contributed by atoms with Crippen LogP contribution in [0, 0.1) is 17.1 Å². The average Bonchev–Trinajstić information content (AvgIpc) is 3.24. The monoisotopic (exact) mass is 440 g/mol. The highest BCUT2D eigenvalue weighted by Crippen LogP contribution is 2.38. The van der Waals surface area contributed by atoms with E-state index in [1.807, 2.05) is 0 Å². The van der Waals surface area contributed by atoms with Gasteiger partial charge in [-0.3, -0.25) is 4.90 Å². The summed E-state index contributed by atoms with van der Waals surface area (Å²) in [6.45, 7) is 5.61. The fourth-order valence-electron chi connectivity index (χ4n) is 4.95. The second-order valence-electron chi connectivity index (χ2n) is 8.99. The first-order chi connectivity index (χ1) is 15.4. The number of hydrogen-bond acceptors (Lipinski definition) is 8. The molecule has 2 aromatic rings. The van der Waals surface area contributed by atoms with Gasteiger partial charge in [0.05, 0.1) is 18.4 Å². The van der Waals surface area contributed by atoms with Crippen molar-refractivity contribution in [3.63, 3.8) is 0 Å². The van der Waals surface area contributed by atoms with Gasteiger partial charge in [0.15, 0.2) is 11.6 Å². The highest BCUT2D eigenvalue weighted by molar-refractivity contribution is 5.61. The van der Waals surface area contributed by atoms with Crippen LogP contribution in [0.4, 0.5) is 21.8 Å². The van der Waals surface area contributed by atoms with Crippen LogP contribution >= 0.6 is 0 Å². The minimum atomic E-state index is -0.493. The van der Waals surface area contributed by atoms with Gasteiger partial charge in [-0.05, 0) is 64.3 Å². The van der Waals surface area contributed by atoms with Crippen molar-refractivity contribution in [2.24, 2.45) is 0 Å². The zero-order valence-corrected chi connectivity index (χ0v) is 18.4. The number of ether oxygens (including phenoxy) is 1. The Morgan fingerprint density at radius 2 is 2.25 bits per heavy atom. The largest absolute Gasteiger partial charge is 0.490 e. The number of rotatable bonds is 7. The fourth-order valence-corrected chi connectivity index (χ4v) is 4.95. The topological polar surface area (TPSA) is 106 Å². The normalized spacial score (nSPS) is 22.1. The molecule has 0 bridgehead atoms. The first-order valence-electron chi connectivity index (χ1n) is 11.0. The van der Waals surface area contributed by atoms with Gasteiger partial charge in [-0.15, -0.1) is 0 Å². The number of aromatic nitrogens is 2. The molecule has 170 valence electrons. The summed E-state index contributed by atoms with van der Waals surface area (Å²) in [5.41, 5.74) is 0.959. The molecule has 32 heavy (non-hydrogen) atoms. The molecule has 2 saturated heterocycles. The molecule has 0 saturated carbocycles. The van der Waals surface area contributed by atoms with E-state index in [9.17, 15) is 9.65 Å². The van der Waals surface area contributed by atoms with Crippen molar-refractivity contribution in [3.05, 3.63) is 35.8 Å². The minimum absolute atomic E-state index is 0.0647. The molecule has 0 radical (unpaired) electrons. The molecule has 8 nitrogen and oxygen atoms in total. The Kier molecular flexibility index (Phi) is 6.44. The van der Waals surface area contributed by atoms with Gasteiger partial charge >= 0.3 is 0 Å². The van der Waals surface area contributed by atoms with Crippen LogP contribution in [0.25, 0.3) is 0 Å². The lowest BCUT2D eigenvalue weighted by Crippen LogP contribution is -2.55. The van der Waals surface area contributed by atoms with Crippen molar-refractivity contribution in [2.75, 3.05) is 30.4 Å². The Bertz CT molecular complexity index is 1010. The van der Waals surface area contributed by atoms with Gasteiger partial charge in [-0.2, -0.15) is 10.2 Å². The molecule has 2 aliphatic heterocycles. The van der Waals surface area contributed by atoms with Gasteiger partial charge in [0.25, 0.3) is 0 Å². The maximum atomic E-state index is 14.5. The van der Waals surface area contributed by atoms with Gasteiger partial charge in [0, 0.05) is 23.3 Å². The van der Waals surface area contributed by atoms with Crippen molar-refractivity contribution < 1.29 is 14.2 Å². The Morgan fingerprint density at radius 1 is 1.41 bits per heavy atom. The molecule has 3 heterocycles. The number of nitrogens with one attached hydrogen (secondary N) is 2. The Hall–Kier alpha value is -2.96. The summed E-state index contributed by atoms with van der Waals surface area (Å²) < 4.78 is 19.9. The van der Waals surface area contributed by atoms with Crippen LogP contribution in [-0.4, -0.2) is 57.4 Å². The molecule has 2 atom stereocenters. The number of nitriles is 1. The molecule has 2 fully saturated rings. The van der Waals surface area contributed by atoms with Gasteiger partial charge < -0.3 is 20.5 Å². The van der Waals surface area contributed by atoms with Crippen LogP contribution in [0.3, 0.4) is 0 Å². The van der Waals surface area contributed by atoms with E-state index in [1.165, 1.54) is 12.8 Å². The smallest absolute Gasteiger partial charge is 0.229 e. The number of nitrogens with zero attached hydrogens (tertiary/aromatic N) is 4. The number of benzene rings is 1. The Morgan fingerprint density at radius 3 is 3.03 bits per heavy atom. The first kappa shape index (κ1) is 22.2. The molecular formula is C23H29FN6O2. The lowest BCUT2D eigenvalue weighted by molar-refractivity contribution is 0.0500. The highest BCUT2D eigenvalue weighted by Gasteiger charge is 2.43. The fraction of sp³-hybridized carbons (Fsp3) is 0.522. The van der Waals surface area contributed by atoms with Crippen molar-refractivity contribution in [2.45, 2.75) is 57.2 Å². The summed E-state index contributed by atoms with van der Waals surface area (Å²) in [6.07, 6.45) is 5.43. The van der Waals surface area contributed by atoms with Crippen molar-refractivity contribution in [3.8, 4) is 11.8 Å². The number of halogens is 1. The lowest BCUT2D eigenvalue weighted by atomic mass is 9.84. The molecule has 0 unspecified atom stereocenters. The maximum Gasteiger partial charge on any atom is 0.229 e. The Balaban J connectivity index is 1.48. The average molecular weight is 441 g/mol. The molecule has 3 N–H and O–H groups in total. The van der Waals surface area contributed by atoms with Crippen molar-refractivity contribution >= 4 is 17.5 Å². The predicted molar refractivity (Wildman–Crippen MR) is 119 cm³/mol. The molecular weight excluding hydrogens is 411 g/mol. The van der Waals surface area contributed by atoms with Gasteiger partial charge in [-0.25, -0.2) is 9.37 Å². The summed E-state index contributed by atoms with van der Waals surface area (Å²) in [5.74, 6) is 0.306. The van der Waals surface area contributed by atoms with Crippen molar-refractivity contribution in [1.29, 1.82) is 5.26 Å². The number of hydrogen-bond donors (Lipinski definition) is 3. The van der Waals surface area contributed by atoms with Crippen LogP contribution in [0.5, 0.6) is 5.75 Å². The van der Waals surface area contributed by atoms with Gasteiger partial charge in [0.2, 0.25) is 5.95 Å². The zero-order chi connectivity index (χ0) is 22.7. The third kappa shape index (κ3) is 4.76. The second kappa shape index (κ2) is 9.27. The predicted octanol–water partition coefficient (Wildman–Crippen LogP) is 3.42. The quantitative estimate of drug-likeness (QED) is 0.601. The van der Waals surface area contributed by atoms with E-state index in [2.05, 4.69) is 45.4 Å². The third-order valence-corrected chi connectivity index (χ3v) is 6.25. The van der Waals surface area contributed by atoms with E-state index in [4.69, 9.17) is 9.84 Å². The number of piperidine rings is 1. The van der Waals surface area contributed by atoms with E-state index in [-0.39, 0.29) is 36.6 Å². The van der Waals surface area contributed by atoms with Crippen LogP contribution in [0.15, 0.2) is 24.4 Å². The minimum Gasteiger partial charge on any atom is -0.490 e. The van der Waals surface area contributed by atoms with Gasteiger partial charge in [0.1, 0.15) is 18.4 Å². The zero-order valence-electron chi connectivity index (χ0n) is 18.4. The molecule has 0 spiro atoms. The molecule has 4 rings (SSSR count). The van der Waals surface area contributed by atoms with Crippen LogP contribution < -0.4 is 15.4 Å². The number of anilines is 3. The standard InChI is InChI=1S/C23H29FN6O2/c1-23(2)12-17(11-18-4-3-7-30(18)23)27-21-19(24)14-26-22(29-21)28-16-5-6-20(32-9-8-31)15(10-16)13-25/h5-6,10,14,17-18,31H,3-4,7-9,11-12H2,1-2H3,(H2,26,27,28,29)/t17-,18-/m1/s1. The third-order valence-electron chi connectivity index (χ3n) is 6.25. The van der Waals surface area contributed by atoms with E-state index in [1.54, 1.807) is 18.2 Å². The summed E-state index contributed by atoms with van der Waals surface area (Å²) in [5, 5.41) is 24.6. The summed E-state index contributed by atoms with van der Waals surface area (Å²) in [7, 11) is 0. The van der Waals surface area contributed by atoms with Gasteiger partial charge in [-0.1, -0.05) is 0 Å². The van der Waals surface area contributed by atoms with Crippen LogP contribution in [0.2, 0.25) is 0 Å². The SMILES string of the molecule is CC1(C)C[C@H](Nc2nc(Nc3ccc(OCCO)c(C#N)c3)ncc2F)C[C@H]2CCCN21. The summed E-state index contributed by atoms with van der Waals surface area (Å²) in [6, 6.07) is 7.68. The molecule has 9 heteroatoms. The van der Waals surface area contributed by atoms with Crippen molar-refractivity contribution in [1.82, 2.24) is 14.9 Å². The van der Waals surface area contributed by atoms with Crippen LogP contribution in [0.1, 0.15) is 45.1 Å². The van der Waals surface area contributed by atoms with E-state index in [0.717, 1.165) is 25.6 Å². The number of aliphatic hydroxyl groups excluding tert-OH is 1. The molecule has 0 aliphatic carbocycles. The first-order valence-corrected chi connectivity index (χ1v) is 11.0. The van der Waals surface area contributed by atoms with E-state index < -0.39 is 5.82 Å². The summed E-state index contributed by atoms with van der Waals surface area (Å²) >= 11 is 0. The molecule has 0 amide bonds. The number of fused-ring (bicyclic) bond motifs is 1. The second-order valence-corrected chi connectivity index (χ2v) is 8.99. The molecule has 2 aliphatic rings. The van der Waals surface area contributed by atoms with Crippen LogP contribution in [-0.2, 0) is 0 Å². The molecule has 1 aromatic carbocycles.